The summed E-state index contributed by atoms with van der Waals surface area (Å²) in [7, 11) is 0. The Morgan fingerprint density at radius 2 is 1.62 bits per heavy atom. The Morgan fingerprint density at radius 3 is 2.06 bits per heavy atom. The molecule has 0 atom stereocenters. The van der Waals surface area contributed by atoms with E-state index < -0.39 is 23.1 Å². The van der Waals surface area contributed by atoms with Crippen molar-refractivity contribution in [2.75, 3.05) is 0 Å². The van der Waals surface area contributed by atoms with Gasteiger partial charge in [-0.1, -0.05) is 15.9 Å². The zero-order valence-electron chi connectivity index (χ0n) is 7.29. The number of benzene rings is 1. The summed E-state index contributed by atoms with van der Waals surface area (Å²) in [6.45, 7) is 0. The van der Waals surface area contributed by atoms with Gasteiger partial charge in [0.05, 0.1) is 5.56 Å². The molecule has 0 heterocycles. The van der Waals surface area contributed by atoms with Crippen molar-refractivity contribution in [2.45, 2.75) is 11.7 Å². The largest absolute Gasteiger partial charge is 0.487 e. The molecule has 0 N–H and O–H groups in total. The van der Waals surface area contributed by atoms with E-state index in [1.54, 1.807) is 0 Å². The zero-order chi connectivity index (χ0) is 12.6. The van der Waals surface area contributed by atoms with Crippen LogP contribution in [0.3, 0.4) is 0 Å². The summed E-state index contributed by atoms with van der Waals surface area (Å²) in [4.78, 5) is 0. The highest BCUT2D eigenvalue weighted by Gasteiger charge is 2.33. The van der Waals surface area contributed by atoms with E-state index in [0.29, 0.717) is 6.07 Å². The van der Waals surface area contributed by atoms with E-state index in [0.717, 1.165) is 12.1 Å². The van der Waals surface area contributed by atoms with Crippen LogP contribution in [0.15, 0.2) is 22.7 Å². The Hall–Kier alpha value is -0.560. The van der Waals surface area contributed by atoms with Crippen molar-refractivity contribution in [1.82, 2.24) is 0 Å². The molecule has 90 valence electrons. The number of hydrogen-bond donors (Lipinski definition) is 0. The highest BCUT2D eigenvalue weighted by Crippen LogP contribution is 2.35. The normalized spacial score (nSPS) is 12.7. The Kier molecular flexibility index (Phi) is 3.69. The molecule has 1 aromatic carbocycles. The van der Waals surface area contributed by atoms with Crippen LogP contribution in [-0.2, 0) is 6.18 Å². The lowest BCUT2D eigenvalue weighted by atomic mass is 10.2. The fourth-order valence-corrected chi connectivity index (χ4v) is 1.48. The van der Waals surface area contributed by atoms with Gasteiger partial charge in [-0.15, -0.1) is 8.78 Å². The molecular formula is C8H3BrClF5O. The van der Waals surface area contributed by atoms with Crippen molar-refractivity contribution in [3.8, 4) is 5.75 Å². The minimum absolute atomic E-state index is 0.0433. The fourth-order valence-electron chi connectivity index (χ4n) is 0.919. The van der Waals surface area contributed by atoms with E-state index in [1.807, 2.05) is 0 Å². The monoisotopic (exact) mass is 324 g/mol. The molecule has 0 radical (unpaired) electrons. The molecule has 0 aliphatic heterocycles. The summed E-state index contributed by atoms with van der Waals surface area (Å²) in [5, 5.41) is 0. The molecule has 0 saturated heterocycles. The van der Waals surface area contributed by atoms with Crippen molar-refractivity contribution in [2.24, 2.45) is 0 Å². The van der Waals surface area contributed by atoms with Crippen molar-refractivity contribution < 1.29 is 26.7 Å². The van der Waals surface area contributed by atoms with Crippen LogP contribution >= 0.6 is 27.5 Å². The van der Waals surface area contributed by atoms with Crippen LogP contribution < -0.4 is 4.74 Å². The molecule has 1 rings (SSSR count). The molecule has 1 nitrogen and oxygen atoms in total. The summed E-state index contributed by atoms with van der Waals surface area (Å²) < 4.78 is 65.1. The van der Waals surface area contributed by atoms with Crippen LogP contribution in [0.1, 0.15) is 5.56 Å². The SMILES string of the molecule is FC(F)(Cl)Oc1cc(Br)cc(C(F)(F)F)c1. The molecular weight excluding hydrogens is 322 g/mol. The van der Waals surface area contributed by atoms with E-state index in [-0.39, 0.29) is 4.47 Å². The maximum absolute atomic E-state index is 12.3. The van der Waals surface area contributed by atoms with Gasteiger partial charge in [0, 0.05) is 16.1 Å². The van der Waals surface area contributed by atoms with Crippen LogP contribution in [0.5, 0.6) is 5.75 Å². The molecule has 0 spiro atoms. The predicted octanol–water partition coefficient (Wildman–Crippen LogP) is 4.64. The quantitative estimate of drug-likeness (QED) is 0.569. The van der Waals surface area contributed by atoms with Gasteiger partial charge < -0.3 is 4.74 Å². The van der Waals surface area contributed by atoms with Gasteiger partial charge in [0.15, 0.2) is 0 Å². The van der Waals surface area contributed by atoms with Gasteiger partial charge in [-0.3, -0.25) is 0 Å². The van der Waals surface area contributed by atoms with Gasteiger partial charge in [-0.25, -0.2) is 0 Å². The van der Waals surface area contributed by atoms with Crippen molar-refractivity contribution in [1.29, 1.82) is 0 Å². The minimum atomic E-state index is -4.65. The average Bonchev–Trinajstić information content (AvgIpc) is 1.97. The van der Waals surface area contributed by atoms with Crippen LogP contribution in [0.4, 0.5) is 22.0 Å². The second-order valence-electron chi connectivity index (χ2n) is 2.72. The lowest BCUT2D eigenvalue weighted by Gasteiger charge is -2.13. The third-order valence-corrected chi connectivity index (χ3v) is 1.97. The first-order valence-corrected chi connectivity index (χ1v) is 4.88. The molecule has 0 aliphatic carbocycles. The Bertz CT molecular complexity index is 387. The first kappa shape index (κ1) is 13.5. The van der Waals surface area contributed by atoms with E-state index in [9.17, 15) is 22.0 Å². The number of rotatable bonds is 2. The molecule has 0 amide bonds. The molecule has 0 fully saturated rings. The van der Waals surface area contributed by atoms with E-state index >= 15 is 0 Å². The Morgan fingerprint density at radius 1 is 1.06 bits per heavy atom. The van der Waals surface area contributed by atoms with Gasteiger partial charge >= 0.3 is 11.7 Å². The topological polar surface area (TPSA) is 9.23 Å². The number of halogens is 7. The van der Waals surface area contributed by atoms with Crippen molar-refractivity contribution in [3.63, 3.8) is 0 Å². The number of alkyl halides is 6. The number of hydrogen-bond acceptors (Lipinski definition) is 1. The lowest BCUT2D eigenvalue weighted by molar-refractivity contribution is -0.138. The maximum atomic E-state index is 12.3. The highest BCUT2D eigenvalue weighted by molar-refractivity contribution is 9.10. The second-order valence-corrected chi connectivity index (χ2v) is 4.08. The summed E-state index contributed by atoms with van der Waals surface area (Å²) in [5.74, 6) is -0.679. The van der Waals surface area contributed by atoms with Crippen molar-refractivity contribution in [3.05, 3.63) is 28.2 Å². The first-order valence-electron chi connectivity index (χ1n) is 3.71. The van der Waals surface area contributed by atoms with Gasteiger partial charge in [-0.05, 0) is 18.2 Å². The van der Waals surface area contributed by atoms with E-state index in [2.05, 4.69) is 32.3 Å². The fraction of sp³-hybridized carbons (Fsp3) is 0.250. The van der Waals surface area contributed by atoms with E-state index in [4.69, 9.17) is 0 Å². The van der Waals surface area contributed by atoms with Gasteiger partial charge in [-0.2, -0.15) is 13.2 Å². The van der Waals surface area contributed by atoms with Gasteiger partial charge in [0.25, 0.3) is 0 Å². The van der Waals surface area contributed by atoms with Crippen molar-refractivity contribution >= 4 is 27.5 Å². The smallest absolute Gasteiger partial charge is 0.420 e. The summed E-state index contributed by atoms with van der Waals surface area (Å²) in [6.07, 6.45) is -4.65. The summed E-state index contributed by atoms with van der Waals surface area (Å²) in [6, 6.07) is 2.12. The molecule has 0 bridgehead atoms. The standard InChI is InChI=1S/C8H3BrClF5O/c9-5-1-4(7(11,12)13)2-6(3-5)16-8(10,14)15/h1-3H. The summed E-state index contributed by atoms with van der Waals surface area (Å²) >= 11 is 7.18. The average molecular weight is 325 g/mol. The molecule has 16 heavy (non-hydrogen) atoms. The van der Waals surface area contributed by atoms with Gasteiger partial charge in [0.1, 0.15) is 5.75 Å². The van der Waals surface area contributed by atoms with E-state index in [1.165, 1.54) is 0 Å². The lowest BCUT2D eigenvalue weighted by Crippen LogP contribution is -2.16. The molecule has 0 aromatic heterocycles. The van der Waals surface area contributed by atoms with Crippen LogP contribution in [-0.4, -0.2) is 5.57 Å². The predicted molar refractivity (Wildman–Crippen MR) is 50.6 cm³/mol. The molecule has 0 unspecified atom stereocenters. The van der Waals surface area contributed by atoms with Gasteiger partial charge in [0.2, 0.25) is 0 Å². The molecule has 0 aliphatic rings. The third-order valence-electron chi connectivity index (χ3n) is 1.43. The third kappa shape index (κ3) is 4.13. The minimum Gasteiger partial charge on any atom is -0.420 e. The maximum Gasteiger partial charge on any atom is 0.487 e. The Labute approximate surface area is 100 Å². The number of ether oxygens (including phenoxy) is 1. The molecule has 8 heteroatoms. The van der Waals surface area contributed by atoms with Crippen LogP contribution in [0, 0.1) is 0 Å². The Balaban J connectivity index is 3.09. The molecule has 1 aromatic rings. The van der Waals surface area contributed by atoms with Crippen LogP contribution in [0.25, 0.3) is 0 Å². The molecule has 0 saturated carbocycles. The zero-order valence-corrected chi connectivity index (χ0v) is 9.63. The first-order chi connectivity index (χ1) is 7.08. The highest BCUT2D eigenvalue weighted by atomic mass is 79.9. The second kappa shape index (κ2) is 4.37. The van der Waals surface area contributed by atoms with Crippen LogP contribution in [0.2, 0.25) is 0 Å². The summed E-state index contributed by atoms with van der Waals surface area (Å²) in [5.41, 5.74) is -5.17.